The molecule has 0 fully saturated rings. The largest absolute Gasteiger partial charge is 0.478 e. The van der Waals surface area contributed by atoms with Crippen molar-refractivity contribution in [2.24, 2.45) is 5.92 Å². The van der Waals surface area contributed by atoms with Gasteiger partial charge in [-0.2, -0.15) is 0 Å². The normalized spacial score (nSPS) is 18.9. The van der Waals surface area contributed by atoms with Crippen molar-refractivity contribution in [2.75, 3.05) is 11.9 Å². The molecule has 0 N–H and O–H groups in total. The smallest absolute Gasteiger partial charge is 0.267 e. The zero-order valence-electron chi connectivity index (χ0n) is 11.5. The fraction of sp³-hybridized carbons (Fsp3) is 0.462. The molecule has 1 amide bonds. The summed E-state index contributed by atoms with van der Waals surface area (Å²) < 4.78 is 28.3. The van der Waals surface area contributed by atoms with Crippen LogP contribution in [0.5, 0.6) is 5.75 Å². The Morgan fingerprint density at radius 3 is 2.60 bits per heavy atom. The number of nitrogens with zero attached hydrogens (tertiary/aromatic N) is 1. The molecule has 0 aliphatic carbocycles. The predicted molar refractivity (Wildman–Crippen MR) is 76.8 cm³/mol. The molecule has 1 aromatic rings. The maximum atomic E-state index is 12.2. The molecule has 20 heavy (non-hydrogen) atoms. The van der Waals surface area contributed by atoms with Crippen molar-refractivity contribution in [1.29, 1.82) is 0 Å². The minimum Gasteiger partial charge on any atom is -0.478 e. The van der Waals surface area contributed by atoms with Crippen molar-refractivity contribution >= 4 is 31.3 Å². The van der Waals surface area contributed by atoms with Crippen LogP contribution in [-0.4, -0.2) is 27.5 Å². The number of hydrogen-bond donors (Lipinski definition) is 0. The first-order valence-electron chi connectivity index (χ1n) is 6.23. The zero-order chi connectivity index (χ0) is 15.1. The molecule has 2 rings (SSSR count). The summed E-state index contributed by atoms with van der Waals surface area (Å²) in [4.78, 5) is 13.6. The van der Waals surface area contributed by atoms with Gasteiger partial charge in [0.05, 0.1) is 10.6 Å². The molecule has 0 radical (unpaired) electrons. The van der Waals surface area contributed by atoms with Gasteiger partial charge < -0.3 is 9.64 Å². The highest BCUT2D eigenvalue weighted by Gasteiger charge is 2.33. The van der Waals surface area contributed by atoms with E-state index in [1.807, 2.05) is 13.8 Å². The van der Waals surface area contributed by atoms with E-state index < -0.39 is 15.2 Å². The topological polar surface area (TPSA) is 63.7 Å². The van der Waals surface area contributed by atoms with Crippen LogP contribution in [0, 0.1) is 5.92 Å². The van der Waals surface area contributed by atoms with Crippen LogP contribution in [0.3, 0.4) is 0 Å². The van der Waals surface area contributed by atoms with E-state index >= 15 is 0 Å². The first-order chi connectivity index (χ1) is 9.20. The fourth-order valence-electron chi connectivity index (χ4n) is 2.13. The molecule has 1 heterocycles. The molecule has 1 aliphatic rings. The SMILES string of the molecule is CC(C)CC1Oc2ccc(S(=O)(=O)Cl)cc2N(C)C1=O. The third kappa shape index (κ3) is 2.91. The van der Waals surface area contributed by atoms with Gasteiger partial charge >= 0.3 is 0 Å². The summed E-state index contributed by atoms with van der Waals surface area (Å²) in [6, 6.07) is 4.25. The van der Waals surface area contributed by atoms with Gasteiger partial charge in [-0.3, -0.25) is 4.79 Å². The van der Waals surface area contributed by atoms with Gasteiger partial charge in [-0.25, -0.2) is 8.42 Å². The van der Waals surface area contributed by atoms with Gasteiger partial charge in [0.15, 0.2) is 6.10 Å². The van der Waals surface area contributed by atoms with Gasteiger partial charge in [0.25, 0.3) is 15.0 Å². The first kappa shape index (κ1) is 15.1. The number of halogens is 1. The van der Waals surface area contributed by atoms with Crippen LogP contribution < -0.4 is 9.64 Å². The lowest BCUT2D eigenvalue weighted by molar-refractivity contribution is -0.126. The summed E-state index contributed by atoms with van der Waals surface area (Å²) in [5.74, 6) is 0.624. The van der Waals surface area contributed by atoms with Gasteiger partial charge in [-0.1, -0.05) is 13.8 Å². The van der Waals surface area contributed by atoms with E-state index in [0.717, 1.165) is 0 Å². The van der Waals surface area contributed by atoms with Crippen LogP contribution in [0.25, 0.3) is 0 Å². The number of carbonyl (C=O) groups is 1. The standard InChI is InChI=1S/C13H16ClNO4S/c1-8(2)6-12-13(16)15(3)10-7-9(20(14,17)18)4-5-11(10)19-12/h4-5,7-8,12H,6H2,1-3H3. The molecule has 1 aromatic carbocycles. The van der Waals surface area contributed by atoms with Crippen molar-refractivity contribution in [2.45, 2.75) is 31.3 Å². The van der Waals surface area contributed by atoms with E-state index in [2.05, 4.69) is 0 Å². The van der Waals surface area contributed by atoms with Crippen molar-refractivity contribution < 1.29 is 17.9 Å². The second-order valence-corrected chi connectivity index (χ2v) is 7.77. The number of anilines is 1. The highest BCUT2D eigenvalue weighted by Crippen LogP contribution is 2.36. The summed E-state index contributed by atoms with van der Waals surface area (Å²) in [5.41, 5.74) is 0.414. The number of benzene rings is 1. The second-order valence-electron chi connectivity index (χ2n) is 5.20. The van der Waals surface area contributed by atoms with Gasteiger partial charge in [0.2, 0.25) is 0 Å². The molecule has 1 aliphatic heterocycles. The molecule has 5 nitrogen and oxygen atoms in total. The maximum Gasteiger partial charge on any atom is 0.267 e. The van der Waals surface area contributed by atoms with Crippen LogP contribution >= 0.6 is 10.7 Å². The van der Waals surface area contributed by atoms with Gasteiger partial charge in [0, 0.05) is 17.7 Å². The van der Waals surface area contributed by atoms with Gasteiger partial charge in [-0.15, -0.1) is 0 Å². The Bertz CT molecular complexity index is 642. The summed E-state index contributed by atoms with van der Waals surface area (Å²) in [6.07, 6.45) is 0.0731. The molecular formula is C13H16ClNO4S. The Morgan fingerprint density at radius 1 is 1.40 bits per heavy atom. The molecular weight excluding hydrogens is 302 g/mol. The Balaban J connectivity index is 2.41. The number of fused-ring (bicyclic) bond motifs is 1. The minimum absolute atomic E-state index is 0.0523. The molecule has 0 bridgehead atoms. The summed E-state index contributed by atoms with van der Waals surface area (Å²) in [6.45, 7) is 4.02. The van der Waals surface area contributed by atoms with E-state index in [0.29, 0.717) is 23.8 Å². The highest BCUT2D eigenvalue weighted by molar-refractivity contribution is 8.13. The average molecular weight is 318 g/mol. The fourth-order valence-corrected chi connectivity index (χ4v) is 2.90. The van der Waals surface area contributed by atoms with Gasteiger partial charge in [0.1, 0.15) is 5.75 Å². The lowest BCUT2D eigenvalue weighted by Crippen LogP contribution is -2.44. The zero-order valence-corrected chi connectivity index (χ0v) is 13.0. The van der Waals surface area contributed by atoms with E-state index in [1.165, 1.54) is 23.1 Å². The van der Waals surface area contributed by atoms with E-state index in [9.17, 15) is 13.2 Å². The molecule has 1 atom stereocenters. The quantitative estimate of drug-likeness (QED) is 0.803. The van der Waals surface area contributed by atoms with Crippen molar-refractivity contribution in [1.82, 2.24) is 0 Å². The predicted octanol–water partition coefficient (Wildman–Crippen LogP) is 2.38. The monoisotopic (exact) mass is 317 g/mol. The summed E-state index contributed by atoms with van der Waals surface area (Å²) in [7, 11) is 3.08. The Hall–Kier alpha value is -1.27. The minimum atomic E-state index is -3.83. The number of carbonyl (C=O) groups excluding carboxylic acids is 1. The Kier molecular flexibility index (Phi) is 3.97. The lowest BCUT2D eigenvalue weighted by Gasteiger charge is -2.32. The van der Waals surface area contributed by atoms with Crippen molar-refractivity contribution in [3.63, 3.8) is 0 Å². The van der Waals surface area contributed by atoms with Crippen molar-refractivity contribution in [3.05, 3.63) is 18.2 Å². The Morgan fingerprint density at radius 2 is 2.05 bits per heavy atom. The number of rotatable bonds is 3. The van der Waals surface area contributed by atoms with E-state index in [-0.39, 0.29) is 10.8 Å². The molecule has 0 aromatic heterocycles. The molecule has 0 spiro atoms. The molecule has 0 saturated heterocycles. The lowest BCUT2D eigenvalue weighted by atomic mass is 10.0. The summed E-state index contributed by atoms with van der Waals surface area (Å²) >= 11 is 0. The van der Waals surface area contributed by atoms with Crippen molar-refractivity contribution in [3.8, 4) is 5.75 Å². The van der Waals surface area contributed by atoms with Crippen LogP contribution in [0.15, 0.2) is 23.1 Å². The van der Waals surface area contributed by atoms with Crippen LogP contribution in [-0.2, 0) is 13.8 Å². The second kappa shape index (κ2) is 5.26. The van der Waals surface area contributed by atoms with Crippen LogP contribution in [0.1, 0.15) is 20.3 Å². The third-order valence-corrected chi connectivity index (χ3v) is 4.49. The molecule has 7 heteroatoms. The summed E-state index contributed by atoms with van der Waals surface area (Å²) in [5, 5.41) is 0. The number of amides is 1. The molecule has 0 saturated carbocycles. The number of ether oxygens (including phenoxy) is 1. The molecule has 110 valence electrons. The Labute approximate surface area is 122 Å². The van der Waals surface area contributed by atoms with E-state index in [4.69, 9.17) is 15.4 Å². The first-order valence-corrected chi connectivity index (χ1v) is 8.54. The van der Waals surface area contributed by atoms with Gasteiger partial charge in [-0.05, 0) is 30.5 Å². The third-order valence-electron chi connectivity index (χ3n) is 3.13. The molecule has 1 unspecified atom stereocenters. The number of likely N-dealkylation sites (N-methyl/N-ethyl adjacent to an activating group) is 1. The van der Waals surface area contributed by atoms with Crippen LogP contribution in [0.4, 0.5) is 5.69 Å². The highest BCUT2D eigenvalue weighted by atomic mass is 35.7. The number of hydrogen-bond acceptors (Lipinski definition) is 4. The maximum absolute atomic E-state index is 12.2. The van der Waals surface area contributed by atoms with E-state index in [1.54, 1.807) is 7.05 Å². The van der Waals surface area contributed by atoms with Crippen LogP contribution in [0.2, 0.25) is 0 Å². The average Bonchev–Trinajstić information content (AvgIpc) is 2.33.